The maximum atomic E-state index is 12.8. The summed E-state index contributed by atoms with van der Waals surface area (Å²) >= 11 is 7.60. The van der Waals surface area contributed by atoms with Crippen molar-refractivity contribution in [3.8, 4) is 11.5 Å². The molecule has 0 saturated heterocycles. The third kappa shape index (κ3) is 4.63. The molecule has 4 rings (SSSR count). The first-order valence-corrected chi connectivity index (χ1v) is 11.0. The van der Waals surface area contributed by atoms with Gasteiger partial charge in [0.05, 0.1) is 17.4 Å². The molecule has 1 fully saturated rings. The Bertz CT molecular complexity index is 1030. The van der Waals surface area contributed by atoms with E-state index in [4.69, 9.17) is 21.1 Å². The average molecular weight is 444 g/mol. The molecule has 1 atom stereocenters. The summed E-state index contributed by atoms with van der Waals surface area (Å²) in [6.07, 6.45) is 2.15. The van der Waals surface area contributed by atoms with Crippen LogP contribution < -0.4 is 9.47 Å². The minimum atomic E-state index is -0.294. The van der Waals surface area contributed by atoms with Crippen molar-refractivity contribution in [3.63, 3.8) is 0 Å². The predicted octanol–water partition coefficient (Wildman–Crippen LogP) is 5.22. The van der Waals surface area contributed by atoms with Crippen LogP contribution in [0.15, 0.2) is 53.7 Å². The third-order valence-corrected chi connectivity index (χ3v) is 6.24. The van der Waals surface area contributed by atoms with Gasteiger partial charge in [-0.2, -0.15) is 0 Å². The Labute approximate surface area is 184 Å². The smallest absolute Gasteiger partial charge is 0.192 e. The van der Waals surface area contributed by atoms with E-state index in [1.807, 2.05) is 25.1 Å². The number of hydrogen-bond donors (Lipinski definition) is 0. The summed E-state index contributed by atoms with van der Waals surface area (Å²) < 4.78 is 13.1. The van der Waals surface area contributed by atoms with Crippen molar-refractivity contribution in [1.82, 2.24) is 14.8 Å². The molecule has 0 bridgehead atoms. The number of ether oxygens (including phenoxy) is 2. The zero-order valence-corrected chi connectivity index (χ0v) is 18.3. The lowest BCUT2D eigenvalue weighted by atomic mass is 10.1. The van der Waals surface area contributed by atoms with Gasteiger partial charge >= 0.3 is 0 Å². The lowest BCUT2D eigenvalue weighted by Crippen LogP contribution is -2.15. The van der Waals surface area contributed by atoms with Crippen LogP contribution in [0.3, 0.4) is 0 Å². The summed E-state index contributed by atoms with van der Waals surface area (Å²) in [7, 11) is 1.60. The largest absolute Gasteiger partial charge is 0.497 e. The molecule has 8 heteroatoms. The van der Waals surface area contributed by atoms with Gasteiger partial charge in [0, 0.05) is 11.6 Å². The Hall–Kier alpha value is -2.51. The molecule has 0 N–H and O–H groups in total. The van der Waals surface area contributed by atoms with Gasteiger partial charge in [-0.05, 0) is 56.2 Å². The summed E-state index contributed by atoms with van der Waals surface area (Å²) in [6, 6.07) is 14.9. The third-order valence-electron chi connectivity index (χ3n) is 4.87. The van der Waals surface area contributed by atoms with E-state index in [9.17, 15) is 4.79 Å². The summed E-state index contributed by atoms with van der Waals surface area (Å²) in [5.74, 6) is 2.12. The lowest BCUT2D eigenvalue weighted by Gasteiger charge is -2.13. The molecule has 2 aromatic carbocycles. The van der Waals surface area contributed by atoms with Gasteiger partial charge in [0.15, 0.2) is 16.8 Å². The quantitative estimate of drug-likeness (QED) is 0.334. The van der Waals surface area contributed by atoms with Gasteiger partial charge in [0.25, 0.3) is 0 Å². The molecule has 0 unspecified atom stereocenters. The van der Waals surface area contributed by atoms with Crippen LogP contribution in [-0.2, 0) is 6.61 Å². The van der Waals surface area contributed by atoms with Crippen LogP contribution in [0.5, 0.6) is 11.5 Å². The van der Waals surface area contributed by atoms with Gasteiger partial charge in [-0.3, -0.25) is 9.36 Å². The number of carbonyl (C=O) groups excluding carboxylic acids is 1. The number of ketones is 1. The molecule has 0 aliphatic heterocycles. The van der Waals surface area contributed by atoms with Gasteiger partial charge in [-0.25, -0.2) is 0 Å². The van der Waals surface area contributed by atoms with Crippen molar-refractivity contribution in [2.45, 2.75) is 42.8 Å². The fourth-order valence-corrected chi connectivity index (χ4v) is 4.30. The molecule has 1 aromatic heterocycles. The molecular weight excluding hydrogens is 422 g/mol. The maximum Gasteiger partial charge on any atom is 0.192 e. The number of rotatable bonds is 9. The normalized spacial score (nSPS) is 14.4. The Morgan fingerprint density at radius 3 is 2.60 bits per heavy atom. The highest BCUT2D eigenvalue weighted by Crippen LogP contribution is 2.40. The molecule has 0 spiro atoms. The van der Waals surface area contributed by atoms with Crippen molar-refractivity contribution in [3.05, 3.63) is 64.9 Å². The first-order chi connectivity index (χ1) is 14.6. The number of methoxy groups -OCH3 is 1. The van der Waals surface area contributed by atoms with Crippen molar-refractivity contribution in [1.29, 1.82) is 0 Å². The Kier molecular flexibility index (Phi) is 6.29. The number of Topliss-reactive ketones (excluding diaryl/α,β-unsaturated/α-hetero) is 1. The number of carbonyl (C=O) groups is 1. The summed E-state index contributed by atoms with van der Waals surface area (Å²) in [5.41, 5.74) is 0.649. The number of halogens is 1. The Morgan fingerprint density at radius 1 is 1.20 bits per heavy atom. The van der Waals surface area contributed by atoms with Gasteiger partial charge in [-0.1, -0.05) is 35.5 Å². The fraction of sp³-hybridized carbons (Fsp3) is 0.318. The molecule has 1 aliphatic rings. The number of para-hydroxylation sites is 1. The van der Waals surface area contributed by atoms with Gasteiger partial charge in [0.1, 0.15) is 18.1 Å². The maximum absolute atomic E-state index is 12.8. The molecule has 156 valence electrons. The van der Waals surface area contributed by atoms with Crippen LogP contribution in [0.2, 0.25) is 5.02 Å². The first kappa shape index (κ1) is 20.8. The summed E-state index contributed by atoms with van der Waals surface area (Å²) in [5, 5.41) is 9.68. The standard InChI is InChI=1S/C22H22ClN3O3S/c1-14(21(27)15-7-11-17(28-2)12-8-15)30-22-25-24-20(26(22)16-9-10-16)13-29-19-6-4-3-5-18(19)23/h3-8,11-12,14,16H,9-10,13H2,1-2H3/t14-/m0/s1. The molecule has 3 aromatic rings. The Balaban J connectivity index is 1.47. The summed E-state index contributed by atoms with van der Waals surface area (Å²) in [4.78, 5) is 12.8. The van der Waals surface area contributed by atoms with Crippen molar-refractivity contribution in [2.24, 2.45) is 0 Å². The second-order valence-electron chi connectivity index (χ2n) is 7.07. The van der Waals surface area contributed by atoms with Gasteiger partial charge < -0.3 is 9.47 Å². The van der Waals surface area contributed by atoms with E-state index >= 15 is 0 Å². The van der Waals surface area contributed by atoms with Crippen molar-refractivity contribution < 1.29 is 14.3 Å². The van der Waals surface area contributed by atoms with Crippen LogP contribution in [0.25, 0.3) is 0 Å². The first-order valence-electron chi connectivity index (χ1n) is 9.73. The fourth-order valence-electron chi connectivity index (χ4n) is 3.09. The van der Waals surface area contributed by atoms with Crippen molar-refractivity contribution in [2.75, 3.05) is 7.11 Å². The molecular formula is C22H22ClN3O3S. The second kappa shape index (κ2) is 9.10. The van der Waals surface area contributed by atoms with Crippen LogP contribution in [0.1, 0.15) is 42.0 Å². The topological polar surface area (TPSA) is 66.2 Å². The van der Waals surface area contributed by atoms with Gasteiger partial charge in [0.2, 0.25) is 0 Å². The van der Waals surface area contributed by atoms with E-state index < -0.39 is 0 Å². The SMILES string of the molecule is COc1ccc(C(=O)[C@H](C)Sc2nnc(COc3ccccc3Cl)n2C2CC2)cc1. The van der Waals surface area contributed by atoms with Gasteiger partial charge in [-0.15, -0.1) is 10.2 Å². The predicted molar refractivity (Wildman–Crippen MR) is 117 cm³/mol. The lowest BCUT2D eigenvalue weighted by molar-refractivity contribution is 0.0994. The van der Waals surface area contributed by atoms with E-state index in [2.05, 4.69) is 14.8 Å². The van der Waals surface area contributed by atoms with Crippen LogP contribution >= 0.6 is 23.4 Å². The minimum Gasteiger partial charge on any atom is -0.497 e. The van der Waals surface area contributed by atoms with Crippen LogP contribution in [0.4, 0.5) is 0 Å². The summed E-state index contributed by atoms with van der Waals surface area (Å²) in [6.45, 7) is 2.16. The number of thioether (sulfide) groups is 1. The molecule has 1 heterocycles. The highest BCUT2D eigenvalue weighted by atomic mass is 35.5. The molecule has 6 nitrogen and oxygen atoms in total. The van der Waals surface area contributed by atoms with E-state index in [0.29, 0.717) is 22.4 Å². The van der Waals surface area contributed by atoms with Crippen molar-refractivity contribution >= 4 is 29.1 Å². The van der Waals surface area contributed by atoms with E-state index in [-0.39, 0.29) is 17.6 Å². The monoisotopic (exact) mass is 443 g/mol. The zero-order chi connectivity index (χ0) is 21.1. The number of hydrogen-bond acceptors (Lipinski definition) is 6. The van der Waals surface area contributed by atoms with E-state index in [1.165, 1.54) is 11.8 Å². The number of benzene rings is 2. The molecule has 1 saturated carbocycles. The van der Waals surface area contributed by atoms with Crippen LogP contribution in [0, 0.1) is 0 Å². The number of aromatic nitrogens is 3. The van der Waals surface area contributed by atoms with E-state index in [1.54, 1.807) is 37.4 Å². The highest BCUT2D eigenvalue weighted by Gasteiger charge is 2.31. The van der Waals surface area contributed by atoms with Crippen LogP contribution in [-0.4, -0.2) is 32.9 Å². The molecule has 0 radical (unpaired) electrons. The Morgan fingerprint density at radius 2 is 1.93 bits per heavy atom. The molecule has 1 aliphatic carbocycles. The number of nitrogens with zero attached hydrogens (tertiary/aromatic N) is 3. The average Bonchev–Trinajstić information content (AvgIpc) is 3.53. The van der Waals surface area contributed by atoms with E-state index in [0.717, 1.165) is 29.6 Å². The molecule has 0 amide bonds. The second-order valence-corrected chi connectivity index (χ2v) is 8.79. The minimum absolute atomic E-state index is 0.0434. The highest BCUT2D eigenvalue weighted by molar-refractivity contribution is 8.00. The zero-order valence-electron chi connectivity index (χ0n) is 16.7. The molecule has 30 heavy (non-hydrogen) atoms.